The third-order valence-electron chi connectivity index (χ3n) is 4.28. The molecule has 3 rings (SSSR count). The molecule has 6 heteroatoms. The largest absolute Gasteiger partial charge is 0.367 e. The highest BCUT2D eigenvalue weighted by Gasteiger charge is 2.24. The van der Waals surface area contributed by atoms with Crippen LogP contribution in [0.4, 0.5) is 4.39 Å². The van der Waals surface area contributed by atoms with E-state index < -0.39 is 0 Å². The van der Waals surface area contributed by atoms with E-state index >= 15 is 0 Å². The van der Waals surface area contributed by atoms with Gasteiger partial charge in [0.2, 0.25) is 5.91 Å². The summed E-state index contributed by atoms with van der Waals surface area (Å²) in [5, 5.41) is 0. The predicted octanol–water partition coefficient (Wildman–Crippen LogP) is 2.07. The molecule has 1 aromatic heterocycles. The predicted molar refractivity (Wildman–Crippen MR) is 88.0 cm³/mol. The summed E-state index contributed by atoms with van der Waals surface area (Å²) >= 11 is 0. The molecule has 1 N–H and O–H groups in total. The Morgan fingerprint density at radius 3 is 2.50 bits per heavy atom. The number of piperazine rings is 1. The van der Waals surface area contributed by atoms with E-state index in [2.05, 4.69) is 4.98 Å². The lowest BCUT2D eigenvalue weighted by molar-refractivity contribution is -0.132. The lowest BCUT2D eigenvalue weighted by atomic mass is 10.1. The lowest BCUT2D eigenvalue weighted by Crippen LogP contribution is -2.50. The van der Waals surface area contributed by atoms with Gasteiger partial charge in [-0.1, -0.05) is 12.1 Å². The van der Waals surface area contributed by atoms with Crippen LogP contribution in [0.5, 0.6) is 0 Å². The number of H-pyrrole nitrogens is 1. The fourth-order valence-electron chi connectivity index (χ4n) is 2.90. The number of aromatic nitrogens is 1. The maximum atomic E-state index is 13.1. The van der Waals surface area contributed by atoms with Crippen molar-refractivity contribution < 1.29 is 14.0 Å². The molecular weight excluding hydrogens is 309 g/mol. The number of benzene rings is 1. The van der Waals surface area contributed by atoms with Gasteiger partial charge in [0, 0.05) is 45.0 Å². The summed E-state index contributed by atoms with van der Waals surface area (Å²) < 4.78 is 13.1. The fraction of sp³-hybridized carbons (Fsp3) is 0.333. The average molecular weight is 329 g/mol. The minimum Gasteiger partial charge on any atom is -0.367 e. The standard InChI is InChI=1S/C18H20FN3O2/c19-16-3-1-2-14(12-16)4-5-17(23)21-8-10-22(11-9-21)18(24)15-6-7-20-13-15/h1-3,6-7,12-13,20H,4-5,8-11H2. The molecule has 0 radical (unpaired) electrons. The highest BCUT2D eigenvalue weighted by Crippen LogP contribution is 2.11. The van der Waals surface area contributed by atoms with Crippen molar-refractivity contribution in [1.82, 2.24) is 14.8 Å². The number of amides is 2. The minimum absolute atomic E-state index is 0.0110. The zero-order chi connectivity index (χ0) is 16.9. The Bertz CT molecular complexity index is 707. The van der Waals surface area contributed by atoms with E-state index in [-0.39, 0.29) is 17.6 Å². The average Bonchev–Trinajstić information content (AvgIpc) is 3.14. The Balaban J connectivity index is 1.47. The summed E-state index contributed by atoms with van der Waals surface area (Å²) in [6.07, 6.45) is 4.28. The molecule has 0 spiro atoms. The highest BCUT2D eigenvalue weighted by molar-refractivity contribution is 5.94. The zero-order valence-corrected chi connectivity index (χ0v) is 13.4. The number of aromatic amines is 1. The number of carbonyl (C=O) groups excluding carboxylic acids is 2. The molecule has 2 aromatic rings. The summed E-state index contributed by atoms with van der Waals surface area (Å²) in [6, 6.07) is 8.08. The monoisotopic (exact) mass is 329 g/mol. The second kappa shape index (κ2) is 7.29. The summed E-state index contributed by atoms with van der Waals surface area (Å²) in [5.41, 5.74) is 1.46. The van der Waals surface area contributed by atoms with Crippen molar-refractivity contribution in [3.05, 3.63) is 59.7 Å². The first kappa shape index (κ1) is 16.2. The van der Waals surface area contributed by atoms with E-state index in [9.17, 15) is 14.0 Å². The summed E-state index contributed by atoms with van der Waals surface area (Å²) in [7, 11) is 0. The van der Waals surface area contributed by atoms with Crippen molar-refractivity contribution in [2.45, 2.75) is 12.8 Å². The van der Waals surface area contributed by atoms with E-state index in [1.807, 2.05) is 6.07 Å². The van der Waals surface area contributed by atoms with E-state index in [1.165, 1.54) is 12.1 Å². The molecule has 0 aliphatic carbocycles. The van der Waals surface area contributed by atoms with Crippen LogP contribution in [0.1, 0.15) is 22.3 Å². The Hall–Kier alpha value is -2.63. The normalized spacial score (nSPS) is 14.7. The Kier molecular flexibility index (Phi) is 4.93. The van der Waals surface area contributed by atoms with Crippen molar-refractivity contribution >= 4 is 11.8 Å². The molecule has 1 aromatic carbocycles. The molecule has 0 saturated carbocycles. The van der Waals surface area contributed by atoms with Crippen molar-refractivity contribution in [3.8, 4) is 0 Å². The van der Waals surface area contributed by atoms with Gasteiger partial charge in [0.1, 0.15) is 5.82 Å². The molecule has 2 heterocycles. The van der Waals surface area contributed by atoms with Gasteiger partial charge >= 0.3 is 0 Å². The number of hydrogen-bond donors (Lipinski definition) is 1. The van der Waals surface area contributed by atoms with Crippen LogP contribution in [0.2, 0.25) is 0 Å². The summed E-state index contributed by atoms with van der Waals surface area (Å²) in [6.45, 7) is 2.15. The van der Waals surface area contributed by atoms with Gasteiger partial charge in [0.25, 0.3) is 5.91 Å². The van der Waals surface area contributed by atoms with Crippen LogP contribution < -0.4 is 0 Å². The van der Waals surface area contributed by atoms with Crippen LogP contribution >= 0.6 is 0 Å². The molecule has 0 atom stereocenters. The molecule has 126 valence electrons. The molecule has 24 heavy (non-hydrogen) atoms. The van der Waals surface area contributed by atoms with Crippen molar-refractivity contribution in [2.75, 3.05) is 26.2 Å². The van der Waals surface area contributed by atoms with Gasteiger partial charge in [-0.15, -0.1) is 0 Å². The number of hydrogen-bond acceptors (Lipinski definition) is 2. The van der Waals surface area contributed by atoms with Crippen molar-refractivity contribution in [2.24, 2.45) is 0 Å². The summed E-state index contributed by atoms with van der Waals surface area (Å²) in [5.74, 6) is -0.243. The quantitative estimate of drug-likeness (QED) is 0.934. The Labute approximate surface area is 140 Å². The highest BCUT2D eigenvalue weighted by atomic mass is 19.1. The van der Waals surface area contributed by atoms with E-state index in [4.69, 9.17) is 0 Å². The molecule has 0 bridgehead atoms. The first-order chi connectivity index (χ1) is 11.6. The van der Waals surface area contributed by atoms with Crippen LogP contribution in [0, 0.1) is 5.82 Å². The van der Waals surface area contributed by atoms with Gasteiger partial charge in [-0.05, 0) is 30.2 Å². The maximum Gasteiger partial charge on any atom is 0.255 e. The molecular formula is C18H20FN3O2. The fourth-order valence-corrected chi connectivity index (χ4v) is 2.90. The van der Waals surface area contributed by atoms with Crippen LogP contribution in [0.15, 0.2) is 42.7 Å². The number of aryl methyl sites for hydroxylation is 1. The van der Waals surface area contributed by atoms with Gasteiger partial charge in [0.05, 0.1) is 5.56 Å². The van der Waals surface area contributed by atoms with Crippen molar-refractivity contribution in [3.63, 3.8) is 0 Å². The molecule has 2 amide bonds. The van der Waals surface area contributed by atoms with E-state index in [0.717, 1.165) is 5.56 Å². The van der Waals surface area contributed by atoms with Crippen LogP contribution in [-0.2, 0) is 11.2 Å². The number of nitrogens with zero attached hydrogens (tertiary/aromatic N) is 2. The number of carbonyl (C=O) groups is 2. The van der Waals surface area contributed by atoms with Crippen LogP contribution in [0.3, 0.4) is 0 Å². The molecule has 1 saturated heterocycles. The topological polar surface area (TPSA) is 56.4 Å². The molecule has 1 aliphatic heterocycles. The second-order valence-corrected chi connectivity index (χ2v) is 5.90. The van der Waals surface area contributed by atoms with Gasteiger partial charge in [-0.2, -0.15) is 0 Å². The third-order valence-corrected chi connectivity index (χ3v) is 4.28. The Morgan fingerprint density at radius 2 is 1.83 bits per heavy atom. The SMILES string of the molecule is O=C(CCc1cccc(F)c1)N1CCN(C(=O)c2cc[nH]c2)CC1. The minimum atomic E-state index is -0.281. The lowest BCUT2D eigenvalue weighted by Gasteiger charge is -2.34. The number of halogens is 1. The van der Waals surface area contributed by atoms with Gasteiger partial charge < -0.3 is 14.8 Å². The molecule has 5 nitrogen and oxygen atoms in total. The Morgan fingerprint density at radius 1 is 1.08 bits per heavy atom. The van der Waals surface area contributed by atoms with E-state index in [1.54, 1.807) is 34.3 Å². The van der Waals surface area contributed by atoms with Gasteiger partial charge in [-0.3, -0.25) is 9.59 Å². The molecule has 1 aliphatic rings. The number of nitrogens with one attached hydrogen (secondary N) is 1. The van der Waals surface area contributed by atoms with E-state index in [0.29, 0.717) is 44.6 Å². The van der Waals surface area contributed by atoms with Crippen LogP contribution in [-0.4, -0.2) is 52.8 Å². The van der Waals surface area contributed by atoms with Gasteiger partial charge in [-0.25, -0.2) is 4.39 Å². The first-order valence-corrected chi connectivity index (χ1v) is 8.08. The zero-order valence-electron chi connectivity index (χ0n) is 13.4. The molecule has 1 fully saturated rings. The van der Waals surface area contributed by atoms with Crippen LogP contribution in [0.25, 0.3) is 0 Å². The van der Waals surface area contributed by atoms with Crippen molar-refractivity contribution in [1.29, 1.82) is 0 Å². The summed E-state index contributed by atoms with van der Waals surface area (Å²) in [4.78, 5) is 30.9. The second-order valence-electron chi connectivity index (χ2n) is 5.90. The third kappa shape index (κ3) is 3.82. The molecule has 0 unspecified atom stereocenters. The number of rotatable bonds is 4. The smallest absolute Gasteiger partial charge is 0.255 e. The first-order valence-electron chi connectivity index (χ1n) is 8.08. The maximum absolute atomic E-state index is 13.1. The van der Waals surface area contributed by atoms with Gasteiger partial charge in [0.15, 0.2) is 0 Å².